The highest BCUT2D eigenvalue weighted by Crippen LogP contribution is 2.47. The SMILES string of the molecule is COC(=O)c1cccc(-n2c(C)cc([C@H]3[C@@H](c4ccccn4)NC(=S)N3c3cc(OC)ccc3OC)c2C)c1. The smallest absolute Gasteiger partial charge is 0.337 e. The fourth-order valence-electron chi connectivity index (χ4n) is 5.29. The Morgan fingerprint density at radius 2 is 1.79 bits per heavy atom. The van der Waals surface area contributed by atoms with E-state index in [0.717, 1.165) is 34.0 Å². The summed E-state index contributed by atoms with van der Waals surface area (Å²) in [6.07, 6.45) is 1.79. The van der Waals surface area contributed by atoms with E-state index in [1.807, 2.05) is 61.5 Å². The second kappa shape index (κ2) is 10.8. The lowest BCUT2D eigenvalue weighted by atomic mass is 9.96. The van der Waals surface area contributed by atoms with Crippen molar-refractivity contribution in [3.05, 3.63) is 101 Å². The summed E-state index contributed by atoms with van der Waals surface area (Å²) in [5, 5.41) is 4.07. The van der Waals surface area contributed by atoms with Crippen LogP contribution in [0.5, 0.6) is 11.5 Å². The Labute approximate surface area is 233 Å². The molecule has 2 atom stereocenters. The van der Waals surface area contributed by atoms with E-state index < -0.39 is 0 Å². The lowest BCUT2D eigenvalue weighted by Crippen LogP contribution is -2.30. The molecule has 0 aliphatic carbocycles. The van der Waals surface area contributed by atoms with Crippen LogP contribution in [0.15, 0.2) is 72.9 Å². The van der Waals surface area contributed by atoms with Crippen LogP contribution in [0.2, 0.25) is 0 Å². The van der Waals surface area contributed by atoms with Crippen molar-refractivity contribution in [2.24, 2.45) is 0 Å². The van der Waals surface area contributed by atoms with Crippen molar-refractivity contribution in [1.29, 1.82) is 0 Å². The van der Waals surface area contributed by atoms with Gasteiger partial charge in [-0.3, -0.25) is 4.98 Å². The first-order valence-electron chi connectivity index (χ1n) is 12.5. The summed E-state index contributed by atoms with van der Waals surface area (Å²) in [5.41, 5.74) is 6.10. The zero-order valence-electron chi connectivity index (χ0n) is 22.5. The zero-order valence-corrected chi connectivity index (χ0v) is 23.3. The first-order valence-corrected chi connectivity index (χ1v) is 12.9. The van der Waals surface area contributed by atoms with Crippen LogP contribution in [-0.4, -0.2) is 42.0 Å². The van der Waals surface area contributed by atoms with Crippen LogP contribution in [0.25, 0.3) is 5.69 Å². The number of hydrogen-bond donors (Lipinski definition) is 1. The third-order valence-corrected chi connectivity index (χ3v) is 7.37. The summed E-state index contributed by atoms with van der Waals surface area (Å²) >= 11 is 5.93. The summed E-state index contributed by atoms with van der Waals surface area (Å²) in [7, 11) is 4.66. The third kappa shape index (κ3) is 4.70. The second-order valence-electron chi connectivity index (χ2n) is 9.24. The highest BCUT2D eigenvalue weighted by atomic mass is 32.1. The minimum atomic E-state index is -0.378. The molecule has 1 saturated heterocycles. The maximum atomic E-state index is 12.2. The lowest BCUT2D eigenvalue weighted by Gasteiger charge is -2.29. The first-order chi connectivity index (χ1) is 18.9. The quantitative estimate of drug-likeness (QED) is 0.243. The molecule has 39 heavy (non-hydrogen) atoms. The Bertz CT molecular complexity index is 1540. The van der Waals surface area contributed by atoms with Crippen molar-refractivity contribution in [3.8, 4) is 17.2 Å². The van der Waals surface area contributed by atoms with Crippen LogP contribution in [0.3, 0.4) is 0 Å². The number of aromatic nitrogens is 2. The summed E-state index contributed by atoms with van der Waals surface area (Å²) in [6.45, 7) is 4.12. The van der Waals surface area contributed by atoms with Crippen molar-refractivity contribution in [1.82, 2.24) is 14.9 Å². The number of hydrogen-bond acceptors (Lipinski definition) is 6. The molecule has 1 fully saturated rings. The van der Waals surface area contributed by atoms with Crippen molar-refractivity contribution in [2.75, 3.05) is 26.2 Å². The number of aryl methyl sites for hydroxylation is 1. The Morgan fingerprint density at radius 1 is 0.974 bits per heavy atom. The fraction of sp³-hybridized carbons (Fsp3) is 0.233. The number of nitrogens with one attached hydrogen (secondary N) is 1. The number of methoxy groups -OCH3 is 3. The summed E-state index contributed by atoms with van der Waals surface area (Å²) in [5.74, 6) is 0.987. The molecular weight excluding hydrogens is 512 g/mol. The maximum Gasteiger partial charge on any atom is 0.337 e. The molecule has 0 amide bonds. The second-order valence-corrected chi connectivity index (χ2v) is 9.62. The molecule has 0 spiro atoms. The number of rotatable bonds is 7. The zero-order chi connectivity index (χ0) is 27.7. The number of thiocarbonyl (C=S) groups is 1. The topological polar surface area (TPSA) is 77.9 Å². The van der Waals surface area contributed by atoms with Gasteiger partial charge in [0.05, 0.1) is 50.4 Å². The molecule has 1 aliphatic rings. The van der Waals surface area contributed by atoms with Crippen LogP contribution >= 0.6 is 12.2 Å². The predicted octanol–water partition coefficient (Wildman–Crippen LogP) is 5.47. The van der Waals surface area contributed by atoms with Gasteiger partial charge in [0.25, 0.3) is 0 Å². The molecule has 0 unspecified atom stereocenters. The van der Waals surface area contributed by atoms with Gasteiger partial charge in [0.1, 0.15) is 11.5 Å². The van der Waals surface area contributed by atoms with Crippen molar-refractivity contribution in [2.45, 2.75) is 25.9 Å². The van der Waals surface area contributed by atoms with Crippen molar-refractivity contribution < 1.29 is 19.0 Å². The van der Waals surface area contributed by atoms with Gasteiger partial charge in [0.15, 0.2) is 5.11 Å². The number of carbonyl (C=O) groups is 1. The van der Waals surface area contributed by atoms with Gasteiger partial charge in [-0.15, -0.1) is 0 Å². The Kier molecular flexibility index (Phi) is 7.26. The van der Waals surface area contributed by atoms with E-state index in [2.05, 4.69) is 32.8 Å². The molecular formula is C30H30N4O4S. The number of nitrogens with zero attached hydrogens (tertiary/aromatic N) is 3. The number of ether oxygens (including phenoxy) is 3. The predicted molar refractivity (Wildman–Crippen MR) is 154 cm³/mol. The Balaban J connectivity index is 1.70. The molecule has 0 saturated carbocycles. The molecule has 1 N–H and O–H groups in total. The molecule has 2 aromatic heterocycles. The van der Waals surface area contributed by atoms with Gasteiger partial charge in [0.2, 0.25) is 0 Å². The number of esters is 1. The average molecular weight is 543 g/mol. The van der Waals surface area contributed by atoms with Gasteiger partial charge in [-0.05, 0) is 80.2 Å². The van der Waals surface area contributed by atoms with Gasteiger partial charge in [-0.1, -0.05) is 12.1 Å². The summed E-state index contributed by atoms with van der Waals surface area (Å²) < 4.78 is 18.4. The molecule has 3 heterocycles. The van der Waals surface area contributed by atoms with Gasteiger partial charge in [-0.25, -0.2) is 4.79 Å². The van der Waals surface area contributed by atoms with Crippen molar-refractivity contribution in [3.63, 3.8) is 0 Å². The van der Waals surface area contributed by atoms with Gasteiger partial charge in [0, 0.05) is 29.3 Å². The Hall–Kier alpha value is -4.37. The molecule has 200 valence electrons. The third-order valence-electron chi connectivity index (χ3n) is 7.06. The molecule has 8 nitrogen and oxygen atoms in total. The van der Waals surface area contributed by atoms with Gasteiger partial charge >= 0.3 is 5.97 Å². The molecule has 9 heteroatoms. The van der Waals surface area contributed by atoms with E-state index >= 15 is 0 Å². The number of carbonyl (C=O) groups excluding carboxylic acids is 1. The number of anilines is 1. The van der Waals surface area contributed by atoms with Gasteiger partial charge < -0.3 is 29.0 Å². The van der Waals surface area contributed by atoms with Crippen LogP contribution < -0.4 is 19.7 Å². The van der Waals surface area contributed by atoms with E-state index in [-0.39, 0.29) is 18.1 Å². The van der Waals surface area contributed by atoms with Gasteiger partial charge in [-0.2, -0.15) is 0 Å². The average Bonchev–Trinajstić information content (AvgIpc) is 3.47. The van der Waals surface area contributed by atoms with Crippen LogP contribution in [-0.2, 0) is 4.74 Å². The highest BCUT2D eigenvalue weighted by Gasteiger charge is 2.43. The van der Waals surface area contributed by atoms with Crippen LogP contribution in [0, 0.1) is 13.8 Å². The molecule has 0 radical (unpaired) electrons. The normalized spacial score (nSPS) is 16.6. The fourth-order valence-corrected chi connectivity index (χ4v) is 5.63. The summed E-state index contributed by atoms with van der Waals surface area (Å²) in [6, 6.07) is 20.6. The highest BCUT2D eigenvalue weighted by molar-refractivity contribution is 7.80. The molecule has 2 aromatic carbocycles. The largest absolute Gasteiger partial charge is 0.497 e. The van der Waals surface area contributed by atoms with Crippen LogP contribution in [0.4, 0.5) is 5.69 Å². The standard InChI is InChI=1S/C30H30N4O4S/c1-18-15-23(19(2)33(18)21-10-8-9-20(16-21)29(35)38-5)28-27(24-11-6-7-14-31-24)32-30(39)34(28)25-17-22(36-3)12-13-26(25)37-4/h6-17,27-28H,1-5H3,(H,32,39)/t27-,28+/m1/s1. The number of benzene rings is 2. The van der Waals surface area contributed by atoms with E-state index in [1.165, 1.54) is 7.11 Å². The Morgan fingerprint density at radius 3 is 2.49 bits per heavy atom. The van der Waals surface area contributed by atoms with Crippen LogP contribution in [0.1, 0.15) is 45.1 Å². The molecule has 5 rings (SSSR count). The monoisotopic (exact) mass is 542 g/mol. The van der Waals surface area contributed by atoms with E-state index in [9.17, 15) is 4.79 Å². The first kappa shape index (κ1) is 26.2. The minimum Gasteiger partial charge on any atom is -0.497 e. The lowest BCUT2D eigenvalue weighted by molar-refractivity contribution is 0.0600. The minimum absolute atomic E-state index is 0.232. The molecule has 4 aromatic rings. The van der Waals surface area contributed by atoms with E-state index in [4.69, 9.17) is 26.4 Å². The summed E-state index contributed by atoms with van der Waals surface area (Å²) in [4.78, 5) is 19.0. The van der Waals surface area contributed by atoms with E-state index in [1.54, 1.807) is 26.5 Å². The molecule has 1 aliphatic heterocycles. The maximum absolute atomic E-state index is 12.2. The molecule has 0 bridgehead atoms. The van der Waals surface area contributed by atoms with Crippen molar-refractivity contribution >= 4 is 29.0 Å². The number of pyridine rings is 1. The van der Waals surface area contributed by atoms with E-state index in [0.29, 0.717) is 22.2 Å².